The van der Waals surface area contributed by atoms with E-state index in [1.54, 1.807) is 6.20 Å². The number of rotatable bonds is 12. The van der Waals surface area contributed by atoms with Crippen molar-refractivity contribution in [1.29, 1.82) is 0 Å². The number of hydrogen-bond acceptors (Lipinski definition) is 8. The Labute approximate surface area is 235 Å². The molecule has 0 radical (unpaired) electrons. The van der Waals surface area contributed by atoms with Gasteiger partial charge in [0, 0.05) is 50.3 Å². The van der Waals surface area contributed by atoms with Crippen LogP contribution in [-0.2, 0) is 6.54 Å². The number of hydrogen-bond donors (Lipinski definition) is 5. The number of aromatic amines is 1. The van der Waals surface area contributed by atoms with Gasteiger partial charge in [0.25, 0.3) is 5.56 Å². The molecule has 11 nitrogen and oxygen atoms in total. The van der Waals surface area contributed by atoms with Crippen LogP contribution in [0.3, 0.4) is 0 Å². The second-order valence-electron chi connectivity index (χ2n) is 10.1. The van der Waals surface area contributed by atoms with Gasteiger partial charge in [-0.05, 0) is 81.5 Å². The standard InChI is InChI=1S/C29H41N9O2/c1-36-16-18-38(19-17-36)25-10-8-24(9-11-25)33-29(40)35-28-32-20-26(27(39)34-28)23-6-4-22(5-7-23)21-37(14-2-12-30)15-3-13-31/h4-11,20H,2-3,12-19,21,30-31H2,1H3,(H3,32,33,34,35,39,40). The summed E-state index contributed by atoms with van der Waals surface area (Å²) in [5, 5.41) is 5.38. The van der Waals surface area contributed by atoms with Gasteiger partial charge in [-0.15, -0.1) is 0 Å². The van der Waals surface area contributed by atoms with Crippen molar-refractivity contribution in [3.8, 4) is 11.1 Å². The summed E-state index contributed by atoms with van der Waals surface area (Å²) in [6.07, 6.45) is 3.44. The molecule has 0 spiro atoms. The quantitative estimate of drug-likeness (QED) is 0.232. The third-order valence-corrected chi connectivity index (χ3v) is 7.05. The maximum absolute atomic E-state index is 12.7. The molecule has 0 saturated carbocycles. The van der Waals surface area contributed by atoms with E-state index in [1.807, 2.05) is 48.5 Å². The van der Waals surface area contributed by atoms with E-state index in [0.29, 0.717) is 24.3 Å². The van der Waals surface area contributed by atoms with Gasteiger partial charge in [-0.1, -0.05) is 24.3 Å². The van der Waals surface area contributed by atoms with Gasteiger partial charge in [0.1, 0.15) is 0 Å². The molecule has 1 aliphatic heterocycles. The van der Waals surface area contributed by atoms with Crippen LogP contribution >= 0.6 is 0 Å². The lowest BCUT2D eigenvalue weighted by molar-refractivity contribution is 0.262. The van der Waals surface area contributed by atoms with Crippen molar-refractivity contribution >= 4 is 23.4 Å². The van der Waals surface area contributed by atoms with Gasteiger partial charge in [-0.3, -0.25) is 15.0 Å². The maximum Gasteiger partial charge on any atom is 0.326 e. The highest BCUT2D eigenvalue weighted by Gasteiger charge is 2.15. The summed E-state index contributed by atoms with van der Waals surface area (Å²) in [6, 6.07) is 15.1. The second kappa shape index (κ2) is 14.6. The molecule has 40 heavy (non-hydrogen) atoms. The van der Waals surface area contributed by atoms with Gasteiger partial charge in [-0.25, -0.2) is 4.79 Å². The van der Waals surface area contributed by atoms with Crippen LogP contribution in [-0.4, -0.2) is 85.2 Å². The number of carbonyl (C=O) groups is 1. The average Bonchev–Trinajstić information content (AvgIpc) is 2.96. The minimum Gasteiger partial charge on any atom is -0.369 e. The van der Waals surface area contributed by atoms with Gasteiger partial charge >= 0.3 is 6.03 Å². The third-order valence-electron chi connectivity index (χ3n) is 7.05. The first-order chi connectivity index (χ1) is 19.4. The molecule has 2 aromatic carbocycles. The first kappa shape index (κ1) is 29.2. The van der Waals surface area contributed by atoms with Gasteiger partial charge < -0.3 is 31.6 Å². The highest BCUT2D eigenvalue weighted by atomic mass is 16.2. The van der Waals surface area contributed by atoms with Crippen LogP contribution in [0, 0.1) is 0 Å². The van der Waals surface area contributed by atoms with Crippen molar-refractivity contribution in [3.63, 3.8) is 0 Å². The molecule has 0 unspecified atom stereocenters. The summed E-state index contributed by atoms with van der Waals surface area (Å²) in [4.78, 5) is 39.2. The molecule has 1 aliphatic rings. The molecule has 0 aliphatic carbocycles. The number of nitrogens with two attached hydrogens (primary N) is 2. The number of benzene rings is 2. The number of piperazine rings is 1. The zero-order valence-corrected chi connectivity index (χ0v) is 23.2. The molecule has 1 fully saturated rings. The molecule has 3 aromatic rings. The first-order valence-corrected chi connectivity index (χ1v) is 13.9. The van der Waals surface area contributed by atoms with E-state index in [9.17, 15) is 9.59 Å². The number of anilines is 3. The molecule has 0 atom stereocenters. The monoisotopic (exact) mass is 547 g/mol. The molecular weight excluding hydrogens is 506 g/mol. The Morgan fingerprint density at radius 3 is 2.20 bits per heavy atom. The Hall–Kier alpha value is -3.77. The van der Waals surface area contributed by atoms with Crippen LogP contribution in [0.2, 0.25) is 0 Å². The van der Waals surface area contributed by atoms with E-state index in [1.165, 1.54) is 0 Å². The Morgan fingerprint density at radius 2 is 1.60 bits per heavy atom. The van der Waals surface area contributed by atoms with Crippen molar-refractivity contribution in [2.75, 3.05) is 74.9 Å². The molecule has 7 N–H and O–H groups in total. The lowest BCUT2D eigenvalue weighted by Gasteiger charge is -2.34. The highest BCUT2D eigenvalue weighted by Crippen LogP contribution is 2.20. The molecule has 1 aromatic heterocycles. The number of amides is 2. The Morgan fingerprint density at radius 1 is 0.950 bits per heavy atom. The van der Waals surface area contributed by atoms with Crippen LogP contribution < -0.4 is 32.6 Å². The number of aromatic nitrogens is 2. The predicted molar refractivity (Wildman–Crippen MR) is 162 cm³/mol. The van der Waals surface area contributed by atoms with Crippen molar-refractivity contribution < 1.29 is 4.79 Å². The van der Waals surface area contributed by atoms with E-state index in [4.69, 9.17) is 11.5 Å². The van der Waals surface area contributed by atoms with Crippen molar-refractivity contribution in [2.45, 2.75) is 19.4 Å². The van der Waals surface area contributed by atoms with E-state index in [2.05, 4.69) is 42.3 Å². The molecule has 2 heterocycles. The molecule has 1 saturated heterocycles. The Balaban J connectivity index is 1.32. The Bertz CT molecular complexity index is 1260. The van der Waals surface area contributed by atoms with Crippen molar-refractivity contribution in [3.05, 3.63) is 70.6 Å². The summed E-state index contributed by atoms with van der Waals surface area (Å²) >= 11 is 0. The van der Waals surface area contributed by atoms with Gasteiger partial charge in [-0.2, -0.15) is 4.98 Å². The molecular formula is C29H41N9O2. The Kier molecular flexibility index (Phi) is 10.6. The molecule has 4 rings (SSSR count). The lowest BCUT2D eigenvalue weighted by Crippen LogP contribution is -2.44. The summed E-state index contributed by atoms with van der Waals surface area (Å²) < 4.78 is 0. The number of likely N-dealkylation sites (N-methyl/N-ethyl adjacent to an activating group) is 1. The summed E-state index contributed by atoms with van der Waals surface area (Å²) in [6.45, 7) is 7.97. The smallest absolute Gasteiger partial charge is 0.326 e. The molecule has 0 bridgehead atoms. The van der Waals surface area contributed by atoms with Crippen molar-refractivity contribution in [2.24, 2.45) is 11.5 Å². The largest absolute Gasteiger partial charge is 0.369 e. The minimum atomic E-state index is -0.485. The fourth-order valence-corrected chi connectivity index (χ4v) is 4.70. The van der Waals surface area contributed by atoms with Gasteiger partial charge in [0.15, 0.2) is 0 Å². The van der Waals surface area contributed by atoms with Crippen LogP contribution in [0.5, 0.6) is 0 Å². The zero-order valence-electron chi connectivity index (χ0n) is 23.2. The molecule has 214 valence electrons. The highest BCUT2D eigenvalue weighted by molar-refractivity contribution is 5.98. The van der Waals surface area contributed by atoms with E-state index in [-0.39, 0.29) is 5.95 Å². The average molecular weight is 548 g/mol. The zero-order chi connectivity index (χ0) is 28.3. The fourth-order valence-electron chi connectivity index (χ4n) is 4.70. The van der Waals surface area contributed by atoms with E-state index in [0.717, 1.165) is 75.5 Å². The van der Waals surface area contributed by atoms with Crippen LogP contribution in [0.25, 0.3) is 11.1 Å². The number of nitrogens with zero attached hydrogens (tertiary/aromatic N) is 4. The minimum absolute atomic E-state index is 0.0763. The normalized spacial score (nSPS) is 13.9. The number of nitrogens with one attached hydrogen (secondary N) is 3. The van der Waals surface area contributed by atoms with Gasteiger partial charge in [0.2, 0.25) is 5.95 Å². The van der Waals surface area contributed by atoms with Crippen molar-refractivity contribution in [1.82, 2.24) is 19.8 Å². The number of H-pyrrole nitrogens is 1. The topological polar surface area (TPSA) is 149 Å². The maximum atomic E-state index is 12.7. The second-order valence-corrected chi connectivity index (χ2v) is 10.1. The first-order valence-electron chi connectivity index (χ1n) is 13.9. The number of carbonyl (C=O) groups excluding carboxylic acids is 1. The molecule has 11 heteroatoms. The van der Waals surface area contributed by atoms with E-state index < -0.39 is 11.6 Å². The molecule has 2 amide bonds. The summed E-state index contributed by atoms with van der Waals surface area (Å²) in [5.41, 5.74) is 15.1. The van der Waals surface area contributed by atoms with Crippen LogP contribution in [0.15, 0.2) is 59.5 Å². The predicted octanol–water partition coefficient (Wildman–Crippen LogP) is 2.33. The van der Waals surface area contributed by atoms with Crippen LogP contribution in [0.4, 0.5) is 22.1 Å². The van der Waals surface area contributed by atoms with E-state index >= 15 is 0 Å². The SMILES string of the molecule is CN1CCN(c2ccc(NC(=O)Nc3nc(=O)c(-c4ccc(CN(CCCN)CCCN)cc4)c[nH]3)cc2)CC1. The summed E-state index contributed by atoms with van der Waals surface area (Å²) in [7, 11) is 2.13. The number of urea groups is 1. The third kappa shape index (κ3) is 8.36. The van der Waals surface area contributed by atoms with Crippen LogP contribution in [0.1, 0.15) is 18.4 Å². The summed E-state index contributed by atoms with van der Waals surface area (Å²) in [5.74, 6) is 0.0763. The van der Waals surface area contributed by atoms with Gasteiger partial charge in [0.05, 0.1) is 5.56 Å². The fraction of sp³-hybridized carbons (Fsp3) is 0.414. The lowest BCUT2D eigenvalue weighted by atomic mass is 10.1.